The predicted octanol–water partition coefficient (Wildman–Crippen LogP) is 1.45. The van der Waals surface area contributed by atoms with E-state index in [1.54, 1.807) is 6.20 Å². The lowest BCUT2D eigenvalue weighted by molar-refractivity contribution is 0.0435. The molecule has 1 saturated carbocycles. The Labute approximate surface area is 77.0 Å². The summed E-state index contributed by atoms with van der Waals surface area (Å²) in [6.45, 7) is 0. The van der Waals surface area contributed by atoms with Crippen molar-refractivity contribution in [3.05, 3.63) is 30.1 Å². The van der Waals surface area contributed by atoms with Gasteiger partial charge in [-0.05, 0) is 25.0 Å². The summed E-state index contributed by atoms with van der Waals surface area (Å²) in [6, 6.07) is 5.62. The number of hydrogen-bond donors (Lipinski definition) is 1. The van der Waals surface area contributed by atoms with Gasteiger partial charge in [-0.25, -0.2) is 4.39 Å². The Hall–Kier alpha value is -0.960. The SMILES string of the molecule is NC1CC(F)(Cc2ccccn2)C1. The highest BCUT2D eigenvalue weighted by atomic mass is 19.1. The molecule has 2 rings (SSSR count). The zero-order valence-corrected chi connectivity index (χ0v) is 7.41. The maximum Gasteiger partial charge on any atom is 0.119 e. The third-order valence-corrected chi connectivity index (χ3v) is 2.48. The highest BCUT2D eigenvalue weighted by Crippen LogP contribution is 2.37. The van der Waals surface area contributed by atoms with E-state index in [0.29, 0.717) is 19.3 Å². The normalized spacial score (nSPS) is 32.6. The first-order chi connectivity index (χ1) is 6.18. The molecule has 1 fully saturated rings. The van der Waals surface area contributed by atoms with E-state index in [0.717, 1.165) is 5.69 Å². The van der Waals surface area contributed by atoms with Crippen molar-refractivity contribution in [1.29, 1.82) is 0 Å². The van der Waals surface area contributed by atoms with E-state index in [1.807, 2.05) is 18.2 Å². The van der Waals surface area contributed by atoms with Gasteiger partial charge in [-0.1, -0.05) is 6.07 Å². The van der Waals surface area contributed by atoms with Crippen LogP contribution in [0, 0.1) is 0 Å². The van der Waals surface area contributed by atoms with Gasteiger partial charge >= 0.3 is 0 Å². The molecule has 0 aromatic carbocycles. The average molecular weight is 180 g/mol. The van der Waals surface area contributed by atoms with E-state index in [4.69, 9.17) is 5.73 Å². The Morgan fingerprint density at radius 1 is 1.54 bits per heavy atom. The van der Waals surface area contributed by atoms with Crippen molar-refractivity contribution in [3.8, 4) is 0 Å². The van der Waals surface area contributed by atoms with E-state index in [1.165, 1.54) is 0 Å². The lowest BCUT2D eigenvalue weighted by atomic mass is 9.75. The zero-order valence-electron chi connectivity index (χ0n) is 7.41. The van der Waals surface area contributed by atoms with Crippen LogP contribution in [-0.4, -0.2) is 16.7 Å². The largest absolute Gasteiger partial charge is 0.327 e. The van der Waals surface area contributed by atoms with Crippen LogP contribution in [0.15, 0.2) is 24.4 Å². The summed E-state index contributed by atoms with van der Waals surface area (Å²) >= 11 is 0. The van der Waals surface area contributed by atoms with Crippen molar-refractivity contribution < 1.29 is 4.39 Å². The monoisotopic (exact) mass is 180 g/mol. The minimum Gasteiger partial charge on any atom is -0.327 e. The molecule has 0 aliphatic heterocycles. The molecule has 1 heterocycles. The van der Waals surface area contributed by atoms with Crippen molar-refractivity contribution in [2.75, 3.05) is 0 Å². The van der Waals surface area contributed by atoms with Crippen LogP contribution in [0.2, 0.25) is 0 Å². The summed E-state index contributed by atoms with van der Waals surface area (Å²) in [4.78, 5) is 4.09. The topological polar surface area (TPSA) is 38.9 Å². The number of nitrogens with two attached hydrogens (primary N) is 1. The first-order valence-corrected chi connectivity index (χ1v) is 4.52. The fraction of sp³-hybridized carbons (Fsp3) is 0.500. The molecule has 1 aromatic heterocycles. The second kappa shape index (κ2) is 3.07. The number of hydrogen-bond acceptors (Lipinski definition) is 2. The van der Waals surface area contributed by atoms with Crippen LogP contribution >= 0.6 is 0 Å². The van der Waals surface area contributed by atoms with Gasteiger partial charge in [-0.15, -0.1) is 0 Å². The highest BCUT2D eigenvalue weighted by molar-refractivity contribution is 5.11. The van der Waals surface area contributed by atoms with Gasteiger partial charge in [0.15, 0.2) is 0 Å². The van der Waals surface area contributed by atoms with Gasteiger partial charge in [0.25, 0.3) is 0 Å². The Morgan fingerprint density at radius 3 is 2.85 bits per heavy atom. The highest BCUT2D eigenvalue weighted by Gasteiger charge is 2.43. The van der Waals surface area contributed by atoms with Crippen molar-refractivity contribution in [3.63, 3.8) is 0 Å². The lowest BCUT2D eigenvalue weighted by Gasteiger charge is -2.39. The van der Waals surface area contributed by atoms with Gasteiger partial charge in [0.1, 0.15) is 5.67 Å². The van der Waals surface area contributed by atoms with Crippen LogP contribution in [0.3, 0.4) is 0 Å². The van der Waals surface area contributed by atoms with Gasteiger partial charge < -0.3 is 5.73 Å². The van der Waals surface area contributed by atoms with Crippen LogP contribution in [0.4, 0.5) is 4.39 Å². The Bertz CT molecular complexity index is 280. The molecule has 1 aliphatic carbocycles. The first kappa shape index (κ1) is 8.63. The van der Waals surface area contributed by atoms with E-state index < -0.39 is 5.67 Å². The number of halogens is 1. The van der Waals surface area contributed by atoms with Crippen molar-refractivity contribution >= 4 is 0 Å². The van der Waals surface area contributed by atoms with Gasteiger partial charge in [-0.2, -0.15) is 0 Å². The Balaban J connectivity index is 1.99. The molecule has 0 radical (unpaired) electrons. The standard InChI is InChI=1S/C10H13FN2/c11-10(5-8(12)6-10)7-9-3-1-2-4-13-9/h1-4,8H,5-7,12H2. The molecule has 1 aliphatic rings. The first-order valence-electron chi connectivity index (χ1n) is 4.52. The summed E-state index contributed by atoms with van der Waals surface area (Å²) in [7, 11) is 0. The summed E-state index contributed by atoms with van der Waals surface area (Å²) < 4.78 is 13.7. The van der Waals surface area contributed by atoms with Crippen molar-refractivity contribution in [2.24, 2.45) is 5.73 Å². The molecule has 0 bridgehead atoms. The number of rotatable bonds is 2. The van der Waals surface area contributed by atoms with Crippen LogP contribution < -0.4 is 5.73 Å². The van der Waals surface area contributed by atoms with Gasteiger partial charge in [0.05, 0.1) is 0 Å². The van der Waals surface area contributed by atoms with E-state index in [9.17, 15) is 4.39 Å². The molecule has 2 N–H and O–H groups in total. The maximum atomic E-state index is 13.7. The third-order valence-electron chi connectivity index (χ3n) is 2.48. The van der Waals surface area contributed by atoms with E-state index >= 15 is 0 Å². The molecule has 3 heteroatoms. The third kappa shape index (κ3) is 1.86. The Morgan fingerprint density at radius 2 is 2.31 bits per heavy atom. The minimum atomic E-state index is -1.09. The maximum absolute atomic E-state index is 13.7. The van der Waals surface area contributed by atoms with E-state index in [2.05, 4.69) is 4.98 Å². The summed E-state index contributed by atoms with van der Waals surface area (Å²) in [5, 5.41) is 0. The van der Waals surface area contributed by atoms with Crippen molar-refractivity contribution in [2.45, 2.75) is 31.0 Å². The fourth-order valence-corrected chi connectivity index (χ4v) is 1.85. The zero-order chi connectivity index (χ0) is 9.31. The molecule has 1 aromatic rings. The smallest absolute Gasteiger partial charge is 0.119 e. The second-order valence-corrected chi connectivity index (χ2v) is 3.82. The van der Waals surface area contributed by atoms with Crippen LogP contribution in [-0.2, 0) is 6.42 Å². The fourth-order valence-electron chi connectivity index (χ4n) is 1.85. The molecule has 0 spiro atoms. The summed E-state index contributed by atoms with van der Waals surface area (Å²) in [6.07, 6.45) is 3.05. The summed E-state index contributed by atoms with van der Waals surface area (Å²) in [5.74, 6) is 0. The molecule has 70 valence electrons. The number of nitrogens with zero attached hydrogens (tertiary/aromatic N) is 1. The van der Waals surface area contributed by atoms with E-state index in [-0.39, 0.29) is 6.04 Å². The lowest BCUT2D eigenvalue weighted by Crippen LogP contribution is -2.49. The predicted molar refractivity (Wildman–Crippen MR) is 49.0 cm³/mol. The van der Waals surface area contributed by atoms with Crippen LogP contribution in [0.5, 0.6) is 0 Å². The average Bonchev–Trinajstić information content (AvgIpc) is 2.03. The summed E-state index contributed by atoms with van der Waals surface area (Å²) in [5.41, 5.74) is 5.27. The molecule has 0 amide bonds. The quantitative estimate of drug-likeness (QED) is 0.748. The van der Waals surface area contributed by atoms with Crippen molar-refractivity contribution in [1.82, 2.24) is 4.98 Å². The molecule has 0 atom stereocenters. The number of alkyl halides is 1. The van der Waals surface area contributed by atoms with Crippen LogP contribution in [0.25, 0.3) is 0 Å². The molecular formula is C10H13FN2. The van der Waals surface area contributed by atoms with Gasteiger partial charge in [0, 0.05) is 24.4 Å². The molecule has 2 nitrogen and oxygen atoms in total. The molecule has 0 saturated heterocycles. The number of pyridine rings is 1. The minimum absolute atomic E-state index is 0.0497. The van der Waals surface area contributed by atoms with Gasteiger partial charge in [0.2, 0.25) is 0 Å². The molecule has 0 unspecified atom stereocenters. The van der Waals surface area contributed by atoms with Crippen LogP contribution in [0.1, 0.15) is 18.5 Å². The molecule has 13 heavy (non-hydrogen) atoms. The Kier molecular flexibility index (Phi) is 2.04. The van der Waals surface area contributed by atoms with Gasteiger partial charge in [-0.3, -0.25) is 4.98 Å². The molecular weight excluding hydrogens is 167 g/mol. The number of aromatic nitrogens is 1. The second-order valence-electron chi connectivity index (χ2n) is 3.82.